The number of rotatable bonds is 2. The van der Waals surface area contributed by atoms with Crippen LogP contribution in [0.15, 0.2) is 12.1 Å². The summed E-state index contributed by atoms with van der Waals surface area (Å²) >= 11 is 8.06. The van der Waals surface area contributed by atoms with E-state index in [1.54, 1.807) is 0 Å². The lowest BCUT2D eigenvalue weighted by atomic mass is 9.70. The van der Waals surface area contributed by atoms with Crippen molar-refractivity contribution in [3.8, 4) is 5.75 Å². The van der Waals surface area contributed by atoms with E-state index in [4.69, 9.17) is 16.3 Å². The molecule has 0 spiro atoms. The van der Waals surface area contributed by atoms with Crippen molar-refractivity contribution in [1.29, 1.82) is 0 Å². The number of hydrogen-bond acceptors (Lipinski definition) is 3. The van der Waals surface area contributed by atoms with Gasteiger partial charge in [-0.1, -0.05) is 25.4 Å². The van der Waals surface area contributed by atoms with Gasteiger partial charge < -0.3 is 9.84 Å². The van der Waals surface area contributed by atoms with E-state index in [0.29, 0.717) is 6.42 Å². The van der Waals surface area contributed by atoms with Crippen LogP contribution in [-0.4, -0.2) is 28.8 Å². The fourth-order valence-electron chi connectivity index (χ4n) is 3.08. The van der Waals surface area contributed by atoms with Crippen molar-refractivity contribution in [2.75, 3.05) is 18.1 Å². The maximum absolute atomic E-state index is 11.2. The molecular weight excluding hydrogens is 292 g/mol. The summed E-state index contributed by atoms with van der Waals surface area (Å²) in [5.41, 5.74) is 1.47. The Morgan fingerprint density at radius 2 is 2.20 bits per heavy atom. The van der Waals surface area contributed by atoms with Gasteiger partial charge in [0.05, 0.1) is 12.2 Å². The molecule has 0 aliphatic carbocycles. The molecule has 1 aromatic carbocycles. The average Bonchev–Trinajstić information content (AvgIpc) is 2.81. The first kappa shape index (κ1) is 14.6. The summed E-state index contributed by atoms with van der Waals surface area (Å²) in [5, 5.41) is 11.9. The second-order valence-electron chi connectivity index (χ2n) is 6.55. The van der Waals surface area contributed by atoms with Crippen LogP contribution in [0.25, 0.3) is 0 Å². The molecule has 110 valence electrons. The molecule has 0 bridgehead atoms. The number of fused-ring (bicyclic) bond motifs is 1. The fraction of sp³-hybridized carbons (Fsp3) is 0.625. The summed E-state index contributed by atoms with van der Waals surface area (Å²) in [6.07, 6.45) is 2.58. The number of halogens is 1. The summed E-state index contributed by atoms with van der Waals surface area (Å²) < 4.78 is 5.76. The molecule has 3 rings (SSSR count). The topological polar surface area (TPSA) is 29.5 Å². The van der Waals surface area contributed by atoms with Crippen LogP contribution in [0.1, 0.15) is 31.4 Å². The molecule has 1 aromatic rings. The Morgan fingerprint density at radius 3 is 2.95 bits per heavy atom. The lowest BCUT2D eigenvalue weighted by molar-refractivity contribution is -0.0516. The quantitative estimate of drug-likeness (QED) is 0.902. The number of ether oxygens (including phenoxy) is 1. The molecule has 0 radical (unpaired) electrons. The molecule has 2 aliphatic rings. The van der Waals surface area contributed by atoms with Gasteiger partial charge in [-0.15, -0.1) is 0 Å². The second kappa shape index (κ2) is 5.11. The SMILES string of the molecule is CC1(C)CCSCC1(O)Cc1cc(Cl)cc2c1OCC2. The predicted octanol–water partition coefficient (Wildman–Crippen LogP) is 3.71. The third kappa shape index (κ3) is 2.44. The Labute approximate surface area is 129 Å². The van der Waals surface area contributed by atoms with E-state index in [1.807, 2.05) is 23.9 Å². The maximum Gasteiger partial charge on any atom is 0.126 e. The van der Waals surface area contributed by atoms with Crippen LogP contribution < -0.4 is 4.74 Å². The molecule has 0 saturated carbocycles. The highest BCUT2D eigenvalue weighted by Crippen LogP contribution is 2.46. The van der Waals surface area contributed by atoms with Crippen molar-refractivity contribution in [1.82, 2.24) is 0 Å². The van der Waals surface area contributed by atoms with Crippen LogP contribution in [0.2, 0.25) is 5.02 Å². The monoisotopic (exact) mass is 312 g/mol. The van der Waals surface area contributed by atoms with E-state index < -0.39 is 5.60 Å². The third-order valence-electron chi connectivity index (χ3n) is 4.78. The standard InChI is InChI=1S/C16H21ClO2S/c1-15(2)4-6-20-10-16(15,18)9-12-8-13(17)7-11-3-5-19-14(11)12/h7-8,18H,3-6,9-10H2,1-2H3. The lowest BCUT2D eigenvalue weighted by Crippen LogP contribution is -2.51. The van der Waals surface area contributed by atoms with Crippen LogP contribution in [0, 0.1) is 5.41 Å². The van der Waals surface area contributed by atoms with Crippen LogP contribution in [-0.2, 0) is 12.8 Å². The molecule has 2 aliphatic heterocycles. The molecule has 1 unspecified atom stereocenters. The van der Waals surface area contributed by atoms with Gasteiger partial charge in [-0.2, -0.15) is 11.8 Å². The van der Waals surface area contributed by atoms with Gasteiger partial charge in [0.1, 0.15) is 5.75 Å². The van der Waals surface area contributed by atoms with Crippen molar-refractivity contribution >= 4 is 23.4 Å². The second-order valence-corrected chi connectivity index (χ2v) is 8.09. The maximum atomic E-state index is 11.2. The molecule has 0 amide bonds. The molecule has 1 atom stereocenters. The zero-order valence-corrected chi connectivity index (χ0v) is 13.6. The van der Waals surface area contributed by atoms with Gasteiger partial charge in [0, 0.05) is 23.6 Å². The number of benzene rings is 1. The van der Waals surface area contributed by atoms with Gasteiger partial charge in [-0.25, -0.2) is 0 Å². The van der Waals surface area contributed by atoms with Gasteiger partial charge in [0.15, 0.2) is 0 Å². The van der Waals surface area contributed by atoms with Crippen molar-refractivity contribution in [2.45, 2.75) is 38.7 Å². The van der Waals surface area contributed by atoms with Gasteiger partial charge in [0.2, 0.25) is 0 Å². The van der Waals surface area contributed by atoms with E-state index in [-0.39, 0.29) is 5.41 Å². The summed E-state index contributed by atoms with van der Waals surface area (Å²) in [6, 6.07) is 3.94. The first-order chi connectivity index (χ1) is 9.41. The third-order valence-corrected chi connectivity index (χ3v) is 6.17. The Kier molecular flexibility index (Phi) is 3.72. The van der Waals surface area contributed by atoms with Crippen molar-refractivity contribution in [3.05, 3.63) is 28.3 Å². The number of aliphatic hydroxyl groups is 1. The van der Waals surface area contributed by atoms with E-state index >= 15 is 0 Å². The molecule has 0 aromatic heterocycles. The Hall–Kier alpha value is -0.380. The molecule has 2 heterocycles. The van der Waals surface area contributed by atoms with Crippen molar-refractivity contribution < 1.29 is 9.84 Å². The highest BCUT2D eigenvalue weighted by atomic mass is 35.5. The van der Waals surface area contributed by atoms with E-state index in [9.17, 15) is 5.11 Å². The first-order valence-corrected chi connectivity index (χ1v) is 8.69. The van der Waals surface area contributed by atoms with Crippen LogP contribution >= 0.6 is 23.4 Å². The predicted molar refractivity (Wildman–Crippen MR) is 85.0 cm³/mol. The highest BCUT2D eigenvalue weighted by molar-refractivity contribution is 7.99. The summed E-state index contributed by atoms with van der Waals surface area (Å²) in [4.78, 5) is 0. The number of hydrogen-bond donors (Lipinski definition) is 1. The Morgan fingerprint density at radius 1 is 1.40 bits per heavy atom. The van der Waals surface area contributed by atoms with Crippen LogP contribution in [0.4, 0.5) is 0 Å². The molecule has 20 heavy (non-hydrogen) atoms. The first-order valence-electron chi connectivity index (χ1n) is 7.16. The lowest BCUT2D eigenvalue weighted by Gasteiger charge is -2.46. The summed E-state index contributed by atoms with van der Waals surface area (Å²) in [6.45, 7) is 5.05. The molecule has 2 nitrogen and oxygen atoms in total. The highest BCUT2D eigenvalue weighted by Gasteiger charge is 2.46. The Balaban J connectivity index is 1.95. The summed E-state index contributed by atoms with van der Waals surface area (Å²) in [5.74, 6) is 2.86. The van der Waals surface area contributed by atoms with Gasteiger partial charge >= 0.3 is 0 Å². The normalized spacial score (nSPS) is 28.0. The molecular formula is C16H21ClO2S. The zero-order chi connectivity index (χ0) is 14.4. The fourth-order valence-corrected chi connectivity index (χ4v) is 4.97. The smallest absolute Gasteiger partial charge is 0.126 e. The van der Waals surface area contributed by atoms with E-state index in [1.165, 1.54) is 5.56 Å². The van der Waals surface area contributed by atoms with Crippen molar-refractivity contribution in [2.24, 2.45) is 5.41 Å². The minimum atomic E-state index is -0.694. The van der Waals surface area contributed by atoms with Gasteiger partial charge in [-0.3, -0.25) is 0 Å². The molecule has 1 saturated heterocycles. The zero-order valence-electron chi connectivity index (χ0n) is 12.0. The average molecular weight is 313 g/mol. The largest absolute Gasteiger partial charge is 0.493 e. The molecule has 1 N–H and O–H groups in total. The Bertz CT molecular complexity index is 529. The van der Waals surface area contributed by atoms with Crippen LogP contribution in [0.5, 0.6) is 5.75 Å². The van der Waals surface area contributed by atoms with Crippen molar-refractivity contribution in [3.63, 3.8) is 0 Å². The van der Waals surface area contributed by atoms with Crippen LogP contribution in [0.3, 0.4) is 0 Å². The summed E-state index contributed by atoms with van der Waals surface area (Å²) in [7, 11) is 0. The molecule has 1 fully saturated rings. The minimum Gasteiger partial charge on any atom is -0.493 e. The van der Waals surface area contributed by atoms with E-state index in [2.05, 4.69) is 13.8 Å². The molecule has 4 heteroatoms. The van der Waals surface area contributed by atoms with Gasteiger partial charge in [-0.05, 0) is 40.8 Å². The minimum absolute atomic E-state index is 0.0773. The number of thioether (sulfide) groups is 1. The van der Waals surface area contributed by atoms with Gasteiger partial charge in [0.25, 0.3) is 0 Å². The van der Waals surface area contributed by atoms with E-state index in [0.717, 1.165) is 47.3 Å².